The molecule has 1 aliphatic rings. The van der Waals surface area contributed by atoms with Crippen LogP contribution in [-0.2, 0) is 12.8 Å². The van der Waals surface area contributed by atoms with Crippen LogP contribution in [-0.4, -0.2) is 4.98 Å². The summed E-state index contributed by atoms with van der Waals surface area (Å²) in [5.74, 6) is -0.0464. The molecule has 3 rings (SSSR count). The number of aromatic nitrogens is 1. The van der Waals surface area contributed by atoms with E-state index in [2.05, 4.69) is 11.9 Å². The predicted molar refractivity (Wildman–Crippen MR) is 66.4 cm³/mol. The van der Waals surface area contributed by atoms with E-state index in [1.54, 1.807) is 18.5 Å². The second-order valence-electron chi connectivity index (χ2n) is 4.58. The maximum atomic E-state index is 14.0. The molecule has 0 atom stereocenters. The van der Waals surface area contributed by atoms with Crippen LogP contribution in [0.5, 0.6) is 0 Å². The average molecular weight is 227 g/mol. The van der Waals surface area contributed by atoms with E-state index >= 15 is 0 Å². The van der Waals surface area contributed by atoms with Crippen molar-refractivity contribution in [2.75, 3.05) is 0 Å². The minimum atomic E-state index is -0.0464. The van der Waals surface area contributed by atoms with Gasteiger partial charge in [0.1, 0.15) is 5.82 Å². The number of benzene rings is 1. The summed E-state index contributed by atoms with van der Waals surface area (Å²) in [5, 5.41) is 0. The van der Waals surface area contributed by atoms with Crippen LogP contribution < -0.4 is 0 Å². The molecule has 2 aromatic rings. The maximum Gasteiger partial charge on any atom is 0.127 e. The third-order valence-electron chi connectivity index (χ3n) is 3.63. The first-order chi connectivity index (χ1) is 8.27. The van der Waals surface area contributed by atoms with E-state index in [1.165, 1.54) is 11.1 Å². The minimum absolute atomic E-state index is 0.0464. The van der Waals surface area contributed by atoms with Gasteiger partial charge >= 0.3 is 0 Å². The Bertz CT molecular complexity index is 561. The van der Waals surface area contributed by atoms with E-state index in [0.29, 0.717) is 0 Å². The van der Waals surface area contributed by atoms with Gasteiger partial charge in [-0.2, -0.15) is 0 Å². The van der Waals surface area contributed by atoms with Crippen LogP contribution in [0.1, 0.15) is 23.1 Å². The third kappa shape index (κ3) is 1.64. The highest BCUT2D eigenvalue weighted by Crippen LogP contribution is 2.34. The van der Waals surface area contributed by atoms with E-state index in [1.807, 2.05) is 12.1 Å². The number of fused-ring (bicyclic) bond motifs is 1. The predicted octanol–water partition coefficient (Wildman–Crippen LogP) is 3.68. The molecule has 0 unspecified atom stereocenters. The van der Waals surface area contributed by atoms with Gasteiger partial charge in [-0.05, 0) is 72.2 Å². The summed E-state index contributed by atoms with van der Waals surface area (Å²) in [4.78, 5) is 4.00. The standard InChI is InChI=1S/C15H14FN/c1-10-12-3-2-4-13(12)15(16)9-14(10)11-5-7-17-8-6-11/h5-9H,2-4H2,1H3. The van der Waals surface area contributed by atoms with Gasteiger partial charge in [-0.15, -0.1) is 0 Å². The van der Waals surface area contributed by atoms with E-state index < -0.39 is 0 Å². The lowest BCUT2D eigenvalue weighted by Crippen LogP contribution is -1.96. The molecule has 0 radical (unpaired) electrons. The molecule has 0 bridgehead atoms. The van der Waals surface area contributed by atoms with Gasteiger partial charge in [0.05, 0.1) is 0 Å². The zero-order chi connectivity index (χ0) is 11.8. The van der Waals surface area contributed by atoms with Crippen molar-refractivity contribution >= 4 is 0 Å². The number of hydrogen-bond acceptors (Lipinski definition) is 1. The first kappa shape index (κ1) is 10.5. The summed E-state index contributed by atoms with van der Waals surface area (Å²) in [6, 6.07) is 5.54. The van der Waals surface area contributed by atoms with Crippen molar-refractivity contribution in [2.24, 2.45) is 0 Å². The van der Waals surface area contributed by atoms with E-state index in [0.717, 1.165) is 36.0 Å². The molecule has 0 saturated heterocycles. The molecule has 86 valence electrons. The van der Waals surface area contributed by atoms with Crippen molar-refractivity contribution in [3.05, 3.63) is 53.1 Å². The van der Waals surface area contributed by atoms with Crippen molar-refractivity contribution in [1.82, 2.24) is 4.98 Å². The molecule has 0 fully saturated rings. The molecule has 17 heavy (non-hydrogen) atoms. The topological polar surface area (TPSA) is 12.9 Å². The zero-order valence-corrected chi connectivity index (χ0v) is 9.83. The van der Waals surface area contributed by atoms with Gasteiger partial charge in [-0.1, -0.05) is 0 Å². The highest BCUT2D eigenvalue weighted by molar-refractivity contribution is 5.69. The Morgan fingerprint density at radius 1 is 1.12 bits per heavy atom. The molecule has 2 heteroatoms. The van der Waals surface area contributed by atoms with Crippen LogP contribution in [0.3, 0.4) is 0 Å². The molecule has 1 aromatic carbocycles. The molecule has 0 amide bonds. The van der Waals surface area contributed by atoms with Crippen molar-refractivity contribution in [3.63, 3.8) is 0 Å². The van der Waals surface area contributed by atoms with E-state index in [4.69, 9.17) is 0 Å². The largest absolute Gasteiger partial charge is 0.265 e. The Morgan fingerprint density at radius 3 is 2.59 bits per heavy atom. The van der Waals surface area contributed by atoms with Gasteiger partial charge in [0.25, 0.3) is 0 Å². The fourth-order valence-corrected chi connectivity index (χ4v) is 2.74. The highest BCUT2D eigenvalue weighted by Gasteiger charge is 2.20. The molecule has 1 heterocycles. The van der Waals surface area contributed by atoms with Gasteiger partial charge in [0, 0.05) is 12.4 Å². The van der Waals surface area contributed by atoms with Gasteiger partial charge < -0.3 is 0 Å². The molecule has 1 aliphatic carbocycles. The third-order valence-corrected chi connectivity index (χ3v) is 3.63. The summed E-state index contributed by atoms with van der Waals surface area (Å²) >= 11 is 0. The molecule has 1 aromatic heterocycles. The van der Waals surface area contributed by atoms with Gasteiger partial charge in [-0.3, -0.25) is 4.98 Å². The number of pyridine rings is 1. The van der Waals surface area contributed by atoms with Crippen molar-refractivity contribution in [2.45, 2.75) is 26.2 Å². The summed E-state index contributed by atoms with van der Waals surface area (Å²) in [6.07, 6.45) is 6.47. The SMILES string of the molecule is Cc1c(-c2ccncc2)cc(F)c2c1CCC2. The first-order valence-electron chi connectivity index (χ1n) is 5.98. The normalized spacial score (nSPS) is 13.8. The molecule has 0 N–H and O–H groups in total. The fraction of sp³-hybridized carbons (Fsp3) is 0.267. The Morgan fingerprint density at radius 2 is 1.82 bits per heavy atom. The second kappa shape index (κ2) is 3.95. The monoisotopic (exact) mass is 227 g/mol. The molecule has 1 nitrogen and oxygen atoms in total. The first-order valence-corrected chi connectivity index (χ1v) is 5.98. The van der Waals surface area contributed by atoms with E-state index in [-0.39, 0.29) is 5.82 Å². The Kier molecular flexibility index (Phi) is 2.43. The number of hydrogen-bond donors (Lipinski definition) is 0. The molecule has 0 saturated carbocycles. The van der Waals surface area contributed by atoms with Crippen molar-refractivity contribution < 1.29 is 4.39 Å². The fourth-order valence-electron chi connectivity index (χ4n) is 2.74. The van der Waals surface area contributed by atoms with E-state index in [9.17, 15) is 4.39 Å². The number of rotatable bonds is 1. The summed E-state index contributed by atoms with van der Waals surface area (Å²) in [6.45, 7) is 2.10. The van der Waals surface area contributed by atoms with Crippen molar-refractivity contribution in [1.29, 1.82) is 0 Å². The Balaban J connectivity index is 2.23. The lowest BCUT2D eigenvalue weighted by atomic mass is 9.94. The smallest absolute Gasteiger partial charge is 0.127 e. The summed E-state index contributed by atoms with van der Waals surface area (Å²) in [5.41, 5.74) is 5.43. The summed E-state index contributed by atoms with van der Waals surface area (Å²) in [7, 11) is 0. The Hall–Kier alpha value is -1.70. The van der Waals surface area contributed by atoms with Crippen LogP contribution >= 0.6 is 0 Å². The van der Waals surface area contributed by atoms with Crippen LogP contribution in [0.4, 0.5) is 4.39 Å². The zero-order valence-electron chi connectivity index (χ0n) is 9.83. The maximum absolute atomic E-state index is 14.0. The molecule has 0 aliphatic heterocycles. The van der Waals surface area contributed by atoms with Crippen LogP contribution in [0.25, 0.3) is 11.1 Å². The van der Waals surface area contributed by atoms with Gasteiger partial charge in [-0.25, -0.2) is 4.39 Å². The molecule has 0 spiro atoms. The highest BCUT2D eigenvalue weighted by atomic mass is 19.1. The second-order valence-corrected chi connectivity index (χ2v) is 4.58. The van der Waals surface area contributed by atoms with Gasteiger partial charge in [0.2, 0.25) is 0 Å². The Labute approximate surface area is 100 Å². The average Bonchev–Trinajstić information content (AvgIpc) is 2.85. The quantitative estimate of drug-likeness (QED) is 0.724. The lowest BCUT2D eigenvalue weighted by Gasteiger charge is -2.12. The van der Waals surface area contributed by atoms with Crippen LogP contribution in [0.2, 0.25) is 0 Å². The van der Waals surface area contributed by atoms with Crippen LogP contribution in [0.15, 0.2) is 30.6 Å². The van der Waals surface area contributed by atoms with Crippen LogP contribution in [0, 0.1) is 12.7 Å². The van der Waals surface area contributed by atoms with Crippen molar-refractivity contribution in [3.8, 4) is 11.1 Å². The number of nitrogens with zero attached hydrogens (tertiary/aromatic N) is 1. The minimum Gasteiger partial charge on any atom is -0.265 e. The molecular formula is C15H14FN. The number of halogens is 1. The molecular weight excluding hydrogens is 213 g/mol. The summed E-state index contributed by atoms with van der Waals surface area (Å²) < 4.78 is 14.0. The van der Waals surface area contributed by atoms with Gasteiger partial charge in [0.15, 0.2) is 0 Å². The lowest BCUT2D eigenvalue weighted by molar-refractivity contribution is 0.613.